The molecule has 148 valence electrons. The Morgan fingerprint density at radius 3 is 2.04 bits per heavy atom. The molecule has 0 spiro atoms. The van der Waals surface area contributed by atoms with Crippen LogP contribution in [0.2, 0.25) is 0 Å². The van der Waals surface area contributed by atoms with Crippen LogP contribution < -0.4 is 0 Å². The van der Waals surface area contributed by atoms with Crippen molar-refractivity contribution >= 4 is 11.8 Å². The zero-order valence-corrected chi connectivity index (χ0v) is 15.3. The molecule has 3 rings (SSSR count). The zero-order valence-electron chi connectivity index (χ0n) is 15.3. The van der Waals surface area contributed by atoms with E-state index in [1.807, 2.05) is 4.90 Å². The Kier molecular flexibility index (Phi) is 6.07. The molecular formula is C20H25F3N2O2. The quantitative estimate of drug-likeness (QED) is 0.777. The lowest BCUT2D eigenvalue weighted by atomic mass is 9.88. The van der Waals surface area contributed by atoms with Gasteiger partial charge in [0.1, 0.15) is 0 Å². The predicted octanol–water partition coefficient (Wildman–Crippen LogP) is 3.96. The van der Waals surface area contributed by atoms with E-state index in [0.717, 1.165) is 37.8 Å². The van der Waals surface area contributed by atoms with Gasteiger partial charge in [-0.2, -0.15) is 13.2 Å². The highest BCUT2D eigenvalue weighted by Crippen LogP contribution is 2.29. The van der Waals surface area contributed by atoms with Crippen LogP contribution in [0.5, 0.6) is 0 Å². The maximum absolute atomic E-state index is 12.7. The summed E-state index contributed by atoms with van der Waals surface area (Å²) < 4.78 is 38.0. The van der Waals surface area contributed by atoms with E-state index in [1.54, 1.807) is 4.90 Å². The topological polar surface area (TPSA) is 40.6 Å². The van der Waals surface area contributed by atoms with Crippen molar-refractivity contribution in [3.05, 3.63) is 35.4 Å². The molecule has 27 heavy (non-hydrogen) atoms. The van der Waals surface area contributed by atoms with E-state index >= 15 is 0 Å². The first-order valence-corrected chi connectivity index (χ1v) is 9.61. The number of halogens is 3. The van der Waals surface area contributed by atoms with Crippen LogP contribution in [-0.2, 0) is 11.0 Å². The number of benzene rings is 1. The van der Waals surface area contributed by atoms with Gasteiger partial charge >= 0.3 is 6.18 Å². The fourth-order valence-corrected chi connectivity index (χ4v) is 3.93. The van der Waals surface area contributed by atoms with Crippen molar-refractivity contribution in [2.75, 3.05) is 26.2 Å². The van der Waals surface area contributed by atoms with Gasteiger partial charge in [-0.15, -0.1) is 0 Å². The molecule has 1 aliphatic heterocycles. The van der Waals surface area contributed by atoms with Gasteiger partial charge in [-0.1, -0.05) is 19.3 Å². The van der Waals surface area contributed by atoms with Crippen LogP contribution in [0, 0.1) is 5.92 Å². The molecule has 1 saturated heterocycles. The second-order valence-corrected chi connectivity index (χ2v) is 7.38. The summed E-state index contributed by atoms with van der Waals surface area (Å²) in [6, 6.07) is 4.32. The number of carbonyl (C=O) groups is 2. The molecule has 0 radical (unpaired) electrons. The van der Waals surface area contributed by atoms with Crippen molar-refractivity contribution in [2.24, 2.45) is 5.92 Å². The van der Waals surface area contributed by atoms with Crippen molar-refractivity contribution in [3.63, 3.8) is 0 Å². The van der Waals surface area contributed by atoms with Crippen molar-refractivity contribution in [1.29, 1.82) is 0 Å². The Morgan fingerprint density at radius 2 is 1.41 bits per heavy atom. The molecule has 1 aromatic carbocycles. The molecular weight excluding hydrogens is 357 g/mol. The lowest BCUT2D eigenvalue weighted by Gasteiger charge is -2.28. The minimum Gasteiger partial charge on any atom is -0.341 e. The van der Waals surface area contributed by atoms with Crippen LogP contribution in [0.1, 0.15) is 54.4 Å². The van der Waals surface area contributed by atoms with Crippen LogP contribution in [-0.4, -0.2) is 47.8 Å². The highest BCUT2D eigenvalue weighted by atomic mass is 19.4. The summed E-state index contributed by atoms with van der Waals surface area (Å²) in [5, 5.41) is 0. The van der Waals surface area contributed by atoms with E-state index in [1.165, 1.54) is 18.6 Å². The third-order valence-electron chi connectivity index (χ3n) is 5.51. The Balaban J connectivity index is 1.60. The summed E-state index contributed by atoms with van der Waals surface area (Å²) in [6.07, 6.45) is 1.56. The molecule has 1 heterocycles. The van der Waals surface area contributed by atoms with Crippen molar-refractivity contribution in [1.82, 2.24) is 9.80 Å². The minimum atomic E-state index is -4.41. The van der Waals surface area contributed by atoms with Gasteiger partial charge in [0.15, 0.2) is 0 Å². The van der Waals surface area contributed by atoms with Crippen LogP contribution in [0.15, 0.2) is 24.3 Å². The van der Waals surface area contributed by atoms with Crippen LogP contribution in [0.25, 0.3) is 0 Å². The molecule has 0 unspecified atom stereocenters. The highest BCUT2D eigenvalue weighted by Gasteiger charge is 2.31. The molecule has 4 nitrogen and oxygen atoms in total. The maximum atomic E-state index is 12.7. The van der Waals surface area contributed by atoms with Crippen molar-refractivity contribution < 1.29 is 22.8 Å². The van der Waals surface area contributed by atoms with Gasteiger partial charge in [-0.25, -0.2) is 0 Å². The lowest BCUT2D eigenvalue weighted by molar-refractivity contribution is -0.138. The van der Waals surface area contributed by atoms with Gasteiger partial charge < -0.3 is 9.80 Å². The smallest absolute Gasteiger partial charge is 0.341 e. The summed E-state index contributed by atoms with van der Waals surface area (Å²) in [5.41, 5.74) is -0.519. The lowest BCUT2D eigenvalue weighted by Crippen LogP contribution is -2.40. The van der Waals surface area contributed by atoms with E-state index in [9.17, 15) is 22.8 Å². The van der Waals surface area contributed by atoms with E-state index < -0.39 is 11.7 Å². The fraction of sp³-hybridized carbons (Fsp3) is 0.600. The number of hydrogen-bond acceptors (Lipinski definition) is 2. The predicted molar refractivity (Wildman–Crippen MR) is 95.1 cm³/mol. The molecule has 0 atom stereocenters. The zero-order chi connectivity index (χ0) is 19.4. The summed E-state index contributed by atoms with van der Waals surface area (Å²) >= 11 is 0. The monoisotopic (exact) mass is 382 g/mol. The van der Waals surface area contributed by atoms with Gasteiger partial charge in [0, 0.05) is 37.7 Å². The second-order valence-electron chi connectivity index (χ2n) is 7.38. The van der Waals surface area contributed by atoms with E-state index in [2.05, 4.69) is 0 Å². The fourth-order valence-electron chi connectivity index (χ4n) is 3.93. The third kappa shape index (κ3) is 4.82. The number of carbonyl (C=O) groups excluding carboxylic acids is 2. The van der Waals surface area contributed by atoms with Gasteiger partial charge in [0.2, 0.25) is 5.91 Å². The number of hydrogen-bond donors (Lipinski definition) is 0. The Hall–Kier alpha value is -2.05. The molecule has 2 fully saturated rings. The van der Waals surface area contributed by atoms with Crippen LogP contribution in [0.3, 0.4) is 0 Å². The van der Waals surface area contributed by atoms with Gasteiger partial charge in [0.05, 0.1) is 5.56 Å². The van der Waals surface area contributed by atoms with Crippen LogP contribution >= 0.6 is 0 Å². The molecule has 2 aliphatic rings. The Bertz CT molecular complexity index is 667. The number of nitrogens with zero attached hydrogens (tertiary/aromatic N) is 2. The number of amides is 2. The molecule has 1 aromatic rings. The molecule has 0 aromatic heterocycles. The van der Waals surface area contributed by atoms with E-state index in [4.69, 9.17) is 0 Å². The first-order chi connectivity index (χ1) is 12.9. The van der Waals surface area contributed by atoms with Gasteiger partial charge in [-0.05, 0) is 43.5 Å². The maximum Gasteiger partial charge on any atom is 0.416 e. The molecule has 1 saturated carbocycles. The summed E-state index contributed by atoms with van der Waals surface area (Å²) in [6.45, 7) is 2.04. The molecule has 0 N–H and O–H groups in total. The Morgan fingerprint density at radius 1 is 0.815 bits per heavy atom. The largest absolute Gasteiger partial charge is 0.416 e. The summed E-state index contributed by atoms with van der Waals surface area (Å²) in [4.78, 5) is 28.8. The Labute approximate surface area is 157 Å². The molecule has 7 heteroatoms. The third-order valence-corrected chi connectivity index (χ3v) is 5.51. The summed E-state index contributed by atoms with van der Waals surface area (Å²) in [5.74, 6) is 0.0186. The number of alkyl halides is 3. The summed E-state index contributed by atoms with van der Waals surface area (Å²) in [7, 11) is 0. The van der Waals surface area contributed by atoms with E-state index in [-0.39, 0.29) is 23.3 Å². The normalized spacial score (nSPS) is 19.7. The van der Waals surface area contributed by atoms with Crippen molar-refractivity contribution in [3.8, 4) is 0 Å². The van der Waals surface area contributed by atoms with Crippen LogP contribution in [0.4, 0.5) is 13.2 Å². The minimum absolute atomic E-state index is 0.107. The highest BCUT2D eigenvalue weighted by molar-refractivity contribution is 5.94. The van der Waals surface area contributed by atoms with Crippen molar-refractivity contribution in [2.45, 2.75) is 44.7 Å². The van der Waals surface area contributed by atoms with E-state index in [0.29, 0.717) is 32.6 Å². The van der Waals surface area contributed by atoms with Gasteiger partial charge in [0.25, 0.3) is 5.91 Å². The van der Waals surface area contributed by atoms with Gasteiger partial charge in [-0.3, -0.25) is 9.59 Å². The SMILES string of the molecule is O=C(c1ccc(C(F)(F)F)cc1)N1CCCN(C(=O)C2CCCCC2)CC1. The standard InChI is InChI=1S/C20H25F3N2O2/c21-20(22,23)17-9-7-16(8-10-17)19(27)25-12-4-11-24(13-14-25)18(26)15-5-2-1-3-6-15/h7-10,15H,1-6,11-14H2. The molecule has 0 bridgehead atoms. The first-order valence-electron chi connectivity index (χ1n) is 9.61. The molecule has 1 aliphatic carbocycles. The first kappa shape index (κ1) is 19.7. The average Bonchev–Trinajstić information content (AvgIpc) is 2.93. The average molecular weight is 382 g/mol. The number of rotatable bonds is 2. The molecule has 2 amide bonds. The second kappa shape index (κ2) is 8.31.